The van der Waals surface area contributed by atoms with Crippen molar-refractivity contribution in [1.29, 1.82) is 0 Å². The third-order valence-electron chi connectivity index (χ3n) is 6.99. The maximum absolute atomic E-state index is 13.0. The summed E-state index contributed by atoms with van der Waals surface area (Å²) in [6.45, 7) is 5.54. The molecule has 0 saturated carbocycles. The lowest BCUT2D eigenvalue weighted by Crippen LogP contribution is -2.39. The fourth-order valence-electron chi connectivity index (χ4n) is 5.03. The maximum Gasteiger partial charge on any atom is 0.253 e. The first kappa shape index (κ1) is 22.1. The zero-order valence-corrected chi connectivity index (χ0v) is 19.8. The fourth-order valence-corrected chi connectivity index (χ4v) is 6.55. The molecule has 0 aliphatic carbocycles. The predicted molar refractivity (Wildman–Crippen MR) is 128 cm³/mol. The Hall–Kier alpha value is -2.71. The molecule has 0 spiro atoms. The number of carbonyl (C=O) groups excluding carboxylic acids is 1. The molecule has 174 valence electrons. The second-order valence-corrected chi connectivity index (χ2v) is 11.1. The Balaban J connectivity index is 1.21. The molecule has 0 bridgehead atoms. The fraction of sp³-hybridized carbons (Fsp3) is 0.440. The smallest absolute Gasteiger partial charge is 0.253 e. The van der Waals surface area contributed by atoms with E-state index in [0.29, 0.717) is 37.7 Å². The van der Waals surface area contributed by atoms with Gasteiger partial charge in [-0.15, -0.1) is 0 Å². The number of para-hydroxylation sites is 2. The molecule has 0 N–H and O–H groups in total. The van der Waals surface area contributed by atoms with Crippen molar-refractivity contribution in [3.63, 3.8) is 0 Å². The van der Waals surface area contributed by atoms with E-state index >= 15 is 0 Å². The molecule has 1 amide bonds. The Bertz CT molecular complexity index is 1250. The minimum Gasteiger partial charge on any atom is -0.339 e. The van der Waals surface area contributed by atoms with Crippen molar-refractivity contribution < 1.29 is 13.2 Å². The van der Waals surface area contributed by atoms with E-state index in [-0.39, 0.29) is 10.8 Å². The van der Waals surface area contributed by atoms with Crippen LogP contribution in [0.4, 0.5) is 0 Å². The molecule has 2 aliphatic heterocycles. The summed E-state index contributed by atoms with van der Waals surface area (Å²) in [5.41, 5.74) is 2.74. The minimum atomic E-state index is -3.46. The summed E-state index contributed by atoms with van der Waals surface area (Å²) in [7, 11) is -3.46. The van der Waals surface area contributed by atoms with Crippen molar-refractivity contribution in [3.8, 4) is 0 Å². The van der Waals surface area contributed by atoms with Crippen LogP contribution in [0, 0.1) is 12.8 Å². The molecular weight excluding hydrogens is 436 g/mol. The van der Waals surface area contributed by atoms with Crippen LogP contribution >= 0.6 is 0 Å². The third-order valence-corrected chi connectivity index (χ3v) is 8.90. The zero-order chi connectivity index (χ0) is 23.0. The SMILES string of the molecule is Cc1nc2ccccc2n1CC1CCN(C(=O)c2ccc(S(=O)(=O)N3CCCC3)cc2)CC1. The Morgan fingerprint density at radius 3 is 2.33 bits per heavy atom. The van der Waals surface area contributed by atoms with E-state index in [1.165, 1.54) is 4.31 Å². The Morgan fingerprint density at radius 2 is 1.64 bits per heavy atom. The molecule has 2 fully saturated rings. The molecule has 0 atom stereocenters. The van der Waals surface area contributed by atoms with E-state index in [2.05, 4.69) is 15.6 Å². The lowest BCUT2D eigenvalue weighted by Gasteiger charge is -2.32. The molecule has 2 aromatic carbocycles. The number of likely N-dealkylation sites (tertiary alicyclic amines) is 1. The summed E-state index contributed by atoms with van der Waals surface area (Å²) in [5, 5.41) is 0. The molecule has 2 aliphatic rings. The van der Waals surface area contributed by atoms with E-state index in [0.717, 1.165) is 49.1 Å². The second-order valence-electron chi connectivity index (χ2n) is 9.13. The predicted octanol–water partition coefficient (Wildman–Crippen LogP) is 3.68. The number of carbonyl (C=O) groups is 1. The summed E-state index contributed by atoms with van der Waals surface area (Å²) < 4.78 is 29.2. The number of benzene rings is 2. The van der Waals surface area contributed by atoms with Gasteiger partial charge in [-0.05, 0) is 74.9 Å². The molecule has 7 nitrogen and oxygen atoms in total. The molecule has 0 radical (unpaired) electrons. The van der Waals surface area contributed by atoms with Crippen LogP contribution in [0.3, 0.4) is 0 Å². The summed E-state index contributed by atoms with van der Waals surface area (Å²) in [5.74, 6) is 1.50. The van der Waals surface area contributed by atoms with Gasteiger partial charge in [0.05, 0.1) is 15.9 Å². The Kier molecular flexibility index (Phi) is 5.97. The van der Waals surface area contributed by atoms with Crippen LogP contribution in [-0.2, 0) is 16.6 Å². The number of aryl methyl sites for hydroxylation is 1. The van der Waals surface area contributed by atoms with Crippen molar-refractivity contribution in [2.45, 2.75) is 44.0 Å². The summed E-state index contributed by atoms with van der Waals surface area (Å²) >= 11 is 0. The van der Waals surface area contributed by atoms with E-state index in [9.17, 15) is 13.2 Å². The number of aromatic nitrogens is 2. The number of nitrogens with zero attached hydrogens (tertiary/aromatic N) is 4. The van der Waals surface area contributed by atoms with Gasteiger partial charge in [0.1, 0.15) is 5.82 Å². The molecule has 3 aromatic rings. The van der Waals surface area contributed by atoms with Crippen molar-refractivity contribution in [3.05, 3.63) is 59.9 Å². The average molecular weight is 467 g/mol. The molecule has 2 saturated heterocycles. The number of imidazole rings is 1. The van der Waals surface area contributed by atoms with Crippen LogP contribution in [-0.4, -0.2) is 59.3 Å². The standard InChI is InChI=1S/C25H30N4O3S/c1-19-26-23-6-2-3-7-24(23)29(19)18-20-12-16-27(17-13-20)25(30)21-8-10-22(11-9-21)33(31,32)28-14-4-5-15-28/h2-3,6-11,20H,4-5,12-18H2,1H3. The van der Waals surface area contributed by atoms with Crippen LogP contribution in [0.5, 0.6) is 0 Å². The highest BCUT2D eigenvalue weighted by atomic mass is 32.2. The molecule has 8 heteroatoms. The molecule has 5 rings (SSSR count). The number of sulfonamides is 1. The van der Waals surface area contributed by atoms with Gasteiger partial charge in [0, 0.05) is 38.3 Å². The molecular formula is C25H30N4O3S. The summed E-state index contributed by atoms with van der Waals surface area (Å²) in [6, 6.07) is 14.7. The van der Waals surface area contributed by atoms with Crippen molar-refractivity contribution in [1.82, 2.24) is 18.8 Å². The number of fused-ring (bicyclic) bond motifs is 1. The maximum atomic E-state index is 13.0. The highest BCUT2D eigenvalue weighted by Crippen LogP contribution is 2.25. The van der Waals surface area contributed by atoms with Crippen LogP contribution in [0.2, 0.25) is 0 Å². The Labute approximate surface area is 195 Å². The normalized spacial score (nSPS) is 18.3. The van der Waals surface area contributed by atoms with Gasteiger partial charge in [-0.2, -0.15) is 4.31 Å². The van der Waals surface area contributed by atoms with Gasteiger partial charge < -0.3 is 9.47 Å². The number of rotatable bonds is 5. The first-order valence-corrected chi connectivity index (χ1v) is 13.2. The lowest BCUT2D eigenvalue weighted by atomic mass is 9.96. The number of hydrogen-bond acceptors (Lipinski definition) is 4. The highest BCUT2D eigenvalue weighted by molar-refractivity contribution is 7.89. The molecule has 3 heterocycles. The monoisotopic (exact) mass is 466 g/mol. The second kappa shape index (κ2) is 8.91. The van der Waals surface area contributed by atoms with E-state index < -0.39 is 10.0 Å². The molecule has 33 heavy (non-hydrogen) atoms. The van der Waals surface area contributed by atoms with Gasteiger partial charge in [0.2, 0.25) is 10.0 Å². The number of piperidine rings is 1. The average Bonchev–Trinajstić information content (AvgIpc) is 3.49. The largest absolute Gasteiger partial charge is 0.339 e. The molecule has 1 aromatic heterocycles. The van der Waals surface area contributed by atoms with Crippen molar-refractivity contribution >= 4 is 27.0 Å². The van der Waals surface area contributed by atoms with Crippen molar-refractivity contribution in [2.75, 3.05) is 26.2 Å². The van der Waals surface area contributed by atoms with Gasteiger partial charge in [-0.3, -0.25) is 4.79 Å². The lowest BCUT2D eigenvalue weighted by molar-refractivity contribution is 0.0683. The quantitative estimate of drug-likeness (QED) is 0.575. The van der Waals surface area contributed by atoms with Crippen LogP contribution < -0.4 is 0 Å². The van der Waals surface area contributed by atoms with Crippen molar-refractivity contribution in [2.24, 2.45) is 5.92 Å². The third kappa shape index (κ3) is 4.29. The van der Waals surface area contributed by atoms with Crippen LogP contribution in [0.15, 0.2) is 53.4 Å². The number of hydrogen-bond donors (Lipinski definition) is 0. The molecule has 0 unspecified atom stereocenters. The summed E-state index contributed by atoms with van der Waals surface area (Å²) in [6.07, 6.45) is 3.70. The van der Waals surface area contributed by atoms with Crippen LogP contribution in [0.25, 0.3) is 11.0 Å². The number of amides is 1. The first-order valence-electron chi connectivity index (χ1n) is 11.7. The topological polar surface area (TPSA) is 75.5 Å². The minimum absolute atomic E-state index is 0.0252. The zero-order valence-electron chi connectivity index (χ0n) is 19.0. The van der Waals surface area contributed by atoms with Gasteiger partial charge in [0.25, 0.3) is 5.91 Å². The van der Waals surface area contributed by atoms with Crippen LogP contribution in [0.1, 0.15) is 41.9 Å². The summed E-state index contributed by atoms with van der Waals surface area (Å²) in [4.78, 5) is 19.8. The van der Waals surface area contributed by atoms with Gasteiger partial charge >= 0.3 is 0 Å². The van der Waals surface area contributed by atoms with Gasteiger partial charge in [-0.25, -0.2) is 13.4 Å². The first-order chi connectivity index (χ1) is 15.9. The van der Waals surface area contributed by atoms with Gasteiger partial charge in [0.15, 0.2) is 0 Å². The van der Waals surface area contributed by atoms with E-state index in [1.807, 2.05) is 30.0 Å². The van der Waals surface area contributed by atoms with E-state index in [4.69, 9.17) is 0 Å². The Morgan fingerprint density at radius 1 is 0.970 bits per heavy atom. The highest BCUT2D eigenvalue weighted by Gasteiger charge is 2.28. The van der Waals surface area contributed by atoms with E-state index in [1.54, 1.807) is 24.3 Å². The van der Waals surface area contributed by atoms with Gasteiger partial charge in [-0.1, -0.05) is 12.1 Å².